The van der Waals surface area contributed by atoms with Gasteiger partial charge in [-0.3, -0.25) is 0 Å². The lowest BCUT2D eigenvalue weighted by Crippen LogP contribution is -2.13. The van der Waals surface area contributed by atoms with Crippen LogP contribution < -0.4 is 0 Å². The Morgan fingerprint density at radius 3 is 1.62 bits per heavy atom. The van der Waals surface area contributed by atoms with Gasteiger partial charge in [0.1, 0.15) is 6.10 Å². The summed E-state index contributed by atoms with van der Waals surface area (Å²) in [4.78, 5) is 9.45. The van der Waals surface area contributed by atoms with Gasteiger partial charge in [-0.2, -0.15) is 0 Å². The van der Waals surface area contributed by atoms with Gasteiger partial charge in [0.2, 0.25) is 0 Å². The van der Waals surface area contributed by atoms with Gasteiger partial charge in [-0.05, 0) is 6.92 Å². The lowest BCUT2D eigenvalue weighted by Gasteiger charge is -1.89. The monoisotopic (exact) mass is 126 g/mol. The average Bonchev–Trinajstić information content (AvgIpc) is 1.36. The van der Waals surface area contributed by atoms with Crippen molar-refractivity contribution in [2.45, 2.75) is 13.0 Å². The van der Waals surface area contributed by atoms with Gasteiger partial charge in [-0.15, -0.1) is 0 Å². The molecule has 8 heavy (non-hydrogen) atoms. The van der Waals surface area contributed by atoms with E-state index in [0.717, 1.165) is 0 Å². The number of aliphatic hydroxyl groups is 1. The number of aliphatic hydroxyl groups excluding tert-OH is 1. The van der Waals surface area contributed by atoms with Crippen molar-refractivity contribution < 1.29 is 26.0 Å². The van der Waals surface area contributed by atoms with Crippen LogP contribution in [0.5, 0.6) is 0 Å². The molecule has 0 aliphatic heterocycles. The minimum absolute atomic E-state index is 0. The Hall–Kier alpha value is -0.650. The number of aliphatic carboxylic acids is 1. The Kier molecular flexibility index (Phi) is 12.4. The highest BCUT2D eigenvalue weighted by Gasteiger charge is 2.01. The number of carboxylic acids is 1. The Balaban J connectivity index is -0.000000125. The molecule has 0 aliphatic rings. The number of hydrogen-bond acceptors (Lipinski definition) is 2. The summed E-state index contributed by atoms with van der Waals surface area (Å²) in [6, 6.07) is 0. The van der Waals surface area contributed by atoms with Crippen LogP contribution in [0, 0.1) is 0 Å². The van der Waals surface area contributed by atoms with E-state index in [0.29, 0.717) is 0 Å². The molecule has 6 N–H and O–H groups in total. The molecular weight excluding hydrogens is 116 g/mol. The van der Waals surface area contributed by atoms with Gasteiger partial charge in [-0.1, -0.05) is 0 Å². The quantitative estimate of drug-likeness (QED) is 0.414. The van der Waals surface area contributed by atoms with Gasteiger partial charge in [0.25, 0.3) is 0 Å². The molecule has 0 amide bonds. The van der Waals surface area contributed by atoms with Crippen LogP contribution in [0.25, 0.3) is 0 Å². The third-order valence-electron chi connectivity index (χ3n) is 0.357. The van der Waals surface area contributed by atoms with Crippen LogP contribution in [-0.2, 0) is 4.79 Å². The fourth-order valence-corrected chi connectivity index (χ4v) is 0. The summed E-state index contributed by atoms with van der Waals surface area (Å²) >= 11 is 0. The molecule has 0 radical (unpaired) electrons. The van der Waals surface area contributed by atoms with E-state index >= 15 is 0 Å². The molecule has 52 valence electrons. The van der Waals surface area contributed by atoms with Crippen molar-refractivity contribution in [1.29, 1.82) is 0 Å². The van der Waals surface area contributed by atoms with Crippen LogP contribution in [0.1, 0.15) is 6.92 Å². The molecule has 0 aromatic carbocycles. The number of rotatable bonds is 1. The maximum Gasteiger partial charge on any atom is 0.332 e. The third kappa shape index (κ3) is 9.02. The molecule has 0 rings (SSSR count). The maximum atomic E-state index is 9.45. The minimum atomic E-state index is -1.23. The highest BCUT2D eigenvalue weighted by Crippen LogP contribution is 1.73. The van der Waals surface area contributed by atoms with E-state index in [4.69, 9.17) is 10.2 Å². The second-order valence-corrected chi connectivity index (χ2v) is 1.01. The molecule has 0 fully saturated rings. The van der Waals surface area contributed by atoms with Crippen molar-refractivity contribution in [2.75, 3.05) is 0 Å². The van der Waals surface area contributed by atoms with E-state index in [-0.39, 0.29) is 11.0 Å². The fourth-order valence-electron chi connectivity index (χ4n) is 0. The van der Waals surface area contributed by atoms with E-state index in [1.54, 1.807) is 0 Å². The smallest absolute Gasteiger partial charge is 0.332 e. The molecule has 0 bridgehead atoms. The number of carbonyl (C=O) groups is 1. The molecule has 0 aliphatic carbocycles. The van der Waals surface area contributed by atoms with Crippen molar-refractivity contribution in [3.63, 3.8) is 0 Å². The highest BCUT2D eigenvalue weighted by atomic mass is 16.4. The molecule has 5 nitrogen and oxygen atoms in total. The molecule has 1 atom stereocenters. The summed E-state index contributed by atoms with van der Waals surface area (Å²) in [5.41, 5.74) is 0. The van der Waals surface area contributed by atoms with Crippen molar-refractivity contribution in [3.8, 4) is 0 Å². The molecule has 0 aromatic rings. The van der Waals surface area contributed by atoms with Gasteiger partial charge < -0.3 is 21.2 Å². The molecule has 0 aromatic heterocycles. The second-order valence-electron chi connectivity index (χ2n) is 1.01. The van der Waals surface area contributed by atoms with Gasteiger partial charge in [-0.25, -0.2) is 4.79 Å². The van der Waals surface area contributed by atoms with Gasteiger partial charge in [0, 0.05) is 0 Å². The van der Waals surface area contributed by atoms with Crippen LogP contribution in [0.3, 0.4) is 0 Å². The first-order valence-corrected chi connectivity index (χ1v) is 1.55. The fraction of sp³-hybridized carbons (Fsp3) is 0.667. The number of hydrogen-bond donors (Lipinski definition) is 2. The summed E-state index contributed by atoms with van der Waals surface area (Å²) in [5.74, 6) is -1.19. The van der Waals surface area contributed by atoms with Gasteiger partial charge in [0.05, 0.1) is 0 Å². The molecule has 0 spiro atoms. The Morgan fingerprint density at radius 2 is 1.62 bits per heavy atom. The zero-order valence-electron chi connectivity index (χ0n) is 4.38. The zero-order valence-corrected chi connectivity index (χ0v) is 4.38. The molecular formula is C3H10O5. The topological polar surface area (TPSA) is 121 Å². The molecule has 0 heterocycles. The predicted molar refractivity (Wildman–Crippen MR) is 26.5 cm³/mol. The standard InChI is InChI=1S/C3H6O3.2H2O/c1-2(4)3(5)6;;/h2,4H,1H3,(H,5,6);2*1H2. The van der Waals surface area contributed by atoms with E-state index in [2.05, 4.69) is 0 Å². The van der Waals surface area contributed by atoms with Crippen LogP contribution in [0.2, 0.25) is 0 Å². The van der Waals surface area contributed by atoms with Crippen molar-refractivity contribution in [2.24, 2.45) is 0 Å². The summed E-state index contributed by atoms with van der Waals surface area (Å²) in [7, 11) is 0. The minimum Gasteiger partial charge on any atom is -0.479 e. The predicted octanol–water partition coefficient (Wildman–Crippen LogP) is -2.20. The summed E-state index contributed by atoms with van der Waals surface area (Å²) in [6.07, 6.45) is -1.23. The molecule has 0 saturated carbocycles. The highest BCUT2D eigenvalue weighted by molar-refractivity contribution is 5.71. The first kappa shape index (κ1) is 15.7. The Morgan fingerprint density at radius 1 is 1.50 bits per heavy atom. The Bertz CT molecular complexity index is 58.7. The van der Waals surface area contributed by atoms with Gasteiger partial charge >= 0.3 is 5.97 Å². The SMILES string of the molecule is CC(O)C(=O)O.O.O. The normalized spacial score (nSPS) is 10.2. The first-order chi connectivity index (χ1) is 2.64. The van der Waals surface area contributed by atoms with Crippen molar-refractivity contribution in [3.05, 3.63) is 0 Å². The lowest BCUT2D eigenvalue weighted by atomic mass is 10.4. The first-order valence-electron chi connectivity index (χ1n) is 1.55. The lowest BCUT2D eigenvalue weighted by molar-refractivity contribution is -0.145. The van der Waals surface area contributed by atoms with E-state index in [1.165, 1.54) is 6.92 Å². The van der Waals surface area contributed by atoms with E-state index < -0.39 is 12.1 Å². The summed E-state index contributed by atoms with van der Waals surface area (Å²) in [6.45, 7) is 1.20. The molecule has 0 saturated heterocycles. The van der Waals surface area contributed by atoms with Crippen LogP contribution in [0.15, 0.2) is 0 Å². The van der Waals surface area contributed by atoms with E-state index in [1.807, 2.05) is 0 Å². The summed E-state index contributed by atoms with van der Waals surface area (Å²) in [5, 5.41) is 15.8. The molecule has 5 heteroatoms. The number of carboxylic acid groups (broad SMARTS) is 1. The maximum absolute atomic E-state index is 9.45. The molecule has 1 unspecified atom stereocenters. The van der Waals surface area contributed by atoms with Gasteiger partial charge in [0.15, 0.2) is 0 Å². The third-order valence-corrected chi connectivity index (χ3v) is 0.357. The second kappa shape index (κ2) is 6.35. The van der Waals surface area contributed by atoms with Crippen molar-refractivity contribution in [1.82, 2.24) is 0 Å². The van der Waals surface area contributed by atoms with Crippen LogP contribution >= 0.6 is 0 Å². The van der Waals surface area contributed by atoms with Crippen LogP contribution in [0.4, 0.5) is 0 Å². The zero-order chi connectivity index (χ0) is 5.15. The summed E-state index contributed by atoms with van der Waals surface area (Å²) < 4.78 is 0. The van der Waals surface area contributed by atoms with Crippen molar-refractivity contribution >= 4 is 5.97 Å². The van der Waals surface area contributed by atoms with Crippen LogP contribution in [-0.4, -0.2) is 33.2 Å². The average molecular weight is 126 g/mol. The Labute approximate surface area is 46.2 Å². The largest absolute Gasteiger partial charge is 0.479 e. The van der Waals surface area contributed by atoms with E-state index in [9.17, 15) is 4.79 Å².